The minimum Gasteiger partial charge on any atom is -0.479 e. The number of benzene rings is 1. The minimum atomic E-state index is -0.948. The highest BCUT2D eigenvalue weighted by molar-refractivity contribution is 7.19. The van der Waals surface area contributed by atoms with Crippen molar-refractivity contribution in [2.24, 2.45) is 0 Å². The Kier molecular flexibility index (Phi) is 4.89. The van der Waals surface area contributed by atoms with Gasteiger partial charge in [0.25, 0.3) is 5.91 Å². The van der Waals surface area contributed by atoms with Crippen molar-refractivity contribution in [2.75, 3.05) is 39.4 Å². The second-order valence-electron chi connectivity index (χ2n) is 8.54. The molecule has 0 spiro atoms. The number of piperazine rings is 1. The van der Waals surface area contributed by atoms with Crippen LogP contribution in [0.1, 0.15) is 10.4 Å². The number of aromatic nitrogens is 1. The average molecular weight is 472 g/mol. The number of ether oxygens (including phenoxy) is 2. The minimum absolute atomic E-state index is 0.0234. The maximum absolute atomic E-state index is 13.1. The van der Waals surface area contributed by atoms with Crippen molar-refractivity contribution >= 4 is 39.1 Å². The molecule has 6 rings (SSSR count). The monoisotopic (exact) mass is 471 g/mol. The molecule has 2 N–H and O–H groups in total. The van der Waals surface area contributed by atoms with Gasteiger partial charge in [-0.05, 0) is 24.3 Å². The van der Waals surface area contributed by atoms with E-state index in [4.69, 9.17) is 21.1 Å². The van der Waals surface area contributed by atoms with Crippen molar-refractivity contribution in [3.63, 3.8) is 0 Å². The largest absolute Gasteiger partial charge is 0.479 e. The molecule has 2 saturated heterocycles. The van der Waals surface area contributed by atoms with E-state index in [1.807, 2.05) is 29.2 Å². The molecule has 5 heterocycles. The number of carbonyl (C=O) groups is 1. The SMILES string of the molecule is O=C([C@H]1Cc2cc(Cl)cc(-c3ccnc4cc(C5(O)COC5)sc34)c2O1)N1CCNCC1. The molecule has 0 unspecified atom stereocenters. The van der Waals surface area contributed by atoms with Gasteiger partial charge in [-0.1, -0.05) is 11.6 Å². The smallest absolute Gasteiger partial charge is 0.264 e. The van der Waals surface area contributed by atoms with E-state index in [2.05, 4.69) is 10.3 Å². The number of halogens is 1. The number of hydrogen-bond donors (Lipinski definition) is 2. The maximum Gasteiger partial charge on any atom is 0.264 e. The van der Waals surface area contributed by atoms with Crippen molar-refractivity contribution in [2.45, 2.75) is 18.1 Å². The Morgan fingerprint density at radius 1 is 1.25 bits per heavy atom. The fraction of sp³-hybridized carbons (Fsp3) is 0.391. The van der Waals surface area contributed by atoms with Gasteiger partial charge in [-0.15, -0.1) is 11.3 Å². The number of carbonyl (C=O) groups excluding carboxylic acids is 1. The molecule has 2 aromatic heterocycles. The molecule has 1 atom stereocenters. The van der Waals surface area contributed by atoms with E-state index in [0.29, 0.717) is 43.5 Å². The zero-order valence-electron chi connectivity index (χ0n) is 17.3. The normalized spacial score (nSPS) is 21.8. The number of fused-ring (bicyclic) bond motifs is 2. The number of amides is 1. The van der Waals surface area contributed by atoms with Gasteiger partial charge in [-0.25, -0.2) is 0 Å². The van der Waals surface area contributed by atoms with Crippen LogP contribution < -0.4 is 10.1 Å². The van der Waals surface area contributed by atoms with Crippen molar-refractivity contribution in [3.05, 3.63) is 45.9 Å². The van der Waals surface area contributed by atoms with Gasteiger partial charge in [-0.2, -0.15) is 0 Å². The first-order chi connectivity index (χ1) is 15.5. The number of nitrogens with one attached hydrogen (secondary N) is 1. The second-order valence-corrected chi connectivity index (χ2v) is 10.0. The predicted molar refractivity (Wildman–Crippen MR) is 122 cm³/mol. The molecular weight excluding hydrogens is 450 g/mol. The quantitative estimate of drug-likeness (QED) is 0.611. The first-order valence-corrected chi connectivity index (χ1v) is 11.9. The average Bonchev–Trinajstić information content (AvgIpc) is 3.41. The van der Waals surface area contributed by atoms with Gasteiger partial charge >= 0.3 is 0 Å². The number of rotatable bonds is 3. The Labute approximate surface area is 193 Å². The molecule has 0 saturated carbocycles. The number of hydrogen-bond acceptors (Lipinski definition) is 7. The Morgan fingerprint density at radius 2 is 2.06 bits per heavy atom. The molecule has 0 aliphatic carbocycles. The molecule has 3 aliphatic heterocycles. The Balaban J connectivity index is 1.39. The zero-order valence-corrected chi connectivity index (χ0v) is 18.8. The van der Waals surface area contributed by atoms with Gasteiger partial charge in [0.15, 0.2) is 6.10 Å². The fourth-order valence-electron chi connectivity index (χ4n) is 4.57. The molecule has 32 heavy (non-hydrogen) atoms. The van der Waals surface area contributed by atoms with Crippen LogP contribution in [0.4, 0.5) is 0 Å². The van der Waals surface area contributed by atoms with E-state index in [-0.39, 0.29) is 5.91 Å². The first-order valence-electron chi connectivity index (χ1n) is 10.7. The highest BCUT2D eigenvalue weighted by Crippen LogP contribution is 2.46. The van der Waals surface area contributed by atoms with Crippen LogP contribution in [0.15, 0.2) is 30.5 Å². The highest BCUT2D eigenvalue weighted by atomic mass is 35.5. The van der Waals surface area contributed by atoms with Crippen LogP contribution in [0, 0.1) is 0 Å². The van der Waals surface area contributed by atoms with E-state index < -0.39 is 11.7 Å². The first kappa shape index (κ1) is 20.4. The Hall–Kier alpha value is -2.23. The molecule has 2 fully saturated rings. The summed E-state index contributed by atoms with van der Waals surface area (Å²) < 4.78 is 12.4. The van der Waals surface area contributed by atoms with Crippen LogP contribution >= 0.6 is 22.9 Å². The summed E-state index contributed by atoms with van der Waals surface area (Å²) in [6.45, 7) is 3.57. The third-order valence-corrected chi connectivity index (χ3v) is 7.91. The van der Waals surface area contributed by atoms with Crippen LogP contribution in [0.2, 0.25) is 5.02 Å². The Morgan fingerprint density at radius 3 is 2.81 bits per heavy atom. The lowest BCUT2D eigenvalue weighted by Crippen LogP contribution is -2.50. The van der Waals surface area contributed by atoms with E-state index >= 15 is 0 Å². The lowest BCUT2D eigenvalue weighted by Gasteiger charge is -2.35. The van der Waals surface area contributed by atoms with Crippen molar-refractivity contribution in [1.82, 2.24) is 15.2 Å². The Bertz CT molecular complexity index is 1220. The molecule has 7 nitrogen and oxygen atoms in total. The van der Waals surface area contributed by atoms with E-state index in [9.17, 15) is 9.90 Å². The topological polar surface area (TPSA) is 83.9 Å². The van der Waals surface area contributed by atoms with Crippen LogP contribution in [-0.4, -0.2) is 66.4 Å². The van der Waals surface area contributed by atoms with Crippen LogP contribution in [0.3, 0.4) is 0 Å². The number of pyridine rings is 1. The standard InChI is InChI=1S/C23H22ClN3O4S/c24-14-7-13-8-18(22(28)27-5-3-25-4-6-27)31-20(13)16(9-14)15-1-2-26-17-10-19(32-21(15)17)23(29)11-30-12-23/h1-2,7,9-10,18,25,29H,3-6,8,11-12H2/t18-/m1/s1. The maximum atomic E-state index is 13.1. The molecule has 1 aromatic carbocycles. The molecule has 0 radical (unpaired) electrons. The van der Waals surface area contributed by atoms with Gasteiger partial charge in [0.05, 0.1) is 23.4 Å². The molecule has 1 amide bonds. The summed E-state index contributed by atoms with van der Waals surface area (Å²) in [5, 5.41) is 14.6. The molecule has 3 aromatic rings. The number of aliphatic hydroxyl groups is 1. The van der Waals surface area contributed by atoms with Crippen LogP contribution in [-0.2, 0) is 21.6 Å². The van der Waals surface area contributed by atoms with Crippen molar-refractivity contribution in [1.29, 1.82) is 0 Å². The van der Waals surface area contributed by atoms with Gasteiger partial charge in [0.2, 0.25) is 0 Å². The molecule has 9 heteroatoms. The molecule has 166 valence electrons. The highest BCUT2D eigenvalue weighted by Gasteiger charge is 2.40. The van der Waals surface area contributed by atoms with E-state index in [1.54, 1.807) is 6.20 Å². The lowest BCUT2D eigenvalue weighted by atomic mass is 9.99. The summed E-state index contributed by atoms with van der Waals surface area (Å²) in [6, 6.07) is 7.63. The summed E-state index contributed by atoms with van der Waals surface area (Å²) in [7, 11) is 0. The van der Waals surface area contributed by atoms with Crippen LogP contribution in [0.25, 0.3) is 21.3 Å². The van der Waals surface area contributed by atoms with Gasteiger partial charge < -0.3 is 24.8 Å². The zero-order chi connectivity index (χ0) is 21.9. The third-order valence-electron chi connectivity index (χ3n) is 6.34. The summed E-state index contributed by atoms with van der Waals surface area (Å²) in [5.41, 5.74) is 2.58. The predicted octanol–water partition coefficient (Wildman–Crippen LogP) is 2.57. The van der Waals surface area contributed by atoms with Gasteiger partial charge in [0, 0.05) is 65.4 Å². The summed E-state index contributed by atoms with van der Waals surface area (Å²) in [6.07, 6.45) is 1.72. The molecule has 3 aliphatic rings. The van der Waals surface area contributed by atoms with E-state index in [1.165, 1.54) is 11.3 Å². The van der Waals surface area contributed by atoms with Gasteiger partial charge in [0.1, 0.15) is 11.4 Å². The molecular formula is C23H22ClN3O4S. The van der Waals surface area contributed by atoms with Crippen LogP contribution in [0.5, 0.6) is 5.75 Å². The fourth-order valence-corrected chi connectivity index (χ4v) is 6.01. The second kappa shape index (κ2) is 7.67. The number of thiophene rings is 1. The van der Waals surface area contributed by atoms with Gasteiger partial charge in [-0.3, -0.25) is 9.78 Å². The summed E-state index contributed by atoms with van der Waals surface area (Å²) in [5.74, 6) is 0.728. The third kappa shape index (κ3) is 3.29. The lowest BCUT2D eigenvalue weighted by molar-refractivity contribution is -0.182. The summed E-state index contributed by atoms with van der Waals surface area (Å²) >= 11 is 8.00. The number of nitrogens with zero attached hydrogens (tertiary/aromatic N) is 2. The van der Waals surface area contributed by atoms with Crippen molar-refractivity contribution in [3.8, 4) is 16.9 Å². The van der Waals surface area contributed by atoms with E-state index in [0.717, 1.165) is 44.9 Å². The molecule has 0 bridgehead atoms. The summed E-state index contributed by atoms with van der Waals surface area (Å²) in [4.78, 5) is 20.3. The van der Waals surface area contributed by atoms with Crippen molar-refractivity contribution < 1.29 is 19.4 Å².